The molecule has 104 valence electrons. The molecule has 1 unspecified atom stereocenters. The second kappa shape index (κ2) is 5.56. The Balaban J connectivity index is 1.90. The van der Waals surface area contributed by atoms with Gasteiger partial charge in [-0.15, -0.1) is 0 Å². The lowest BCUT2D eigenvalue weighted by molar-refractivity contribution is -0.141. The van der Waals surface area contributed by atoms with Gasteiger partial charge in [0, 0.05) is 19.6 Å². The van der Waals surface area contributed by atoms with Crippen LogP contribution in [0.25, 0.3) is 0 Å². The number of hydrogen-bond donors (Lipinski definition) is 1. The molecule has 0 aliphatic carbocycles. The molecular formula is C12H13F3N2O2. The van der Waals surface area contributed by atoms with Crippen LogP contribution in [0.2, 0.25) is 0 Å². The number of rotatable bonds is 3. The zero-order chi connectivity index (χ0) is 13.9. The van der Waals surface area contributed by atoms with Gasteiger partial charge in [0.25, 0.3) is 0 Å². The lowest BCUT2D eigenvalue weighted by atomic mass is 10.0. The number of amides is 1. The van der Waals surface area contributed by atoms with Gasteiger partial charge in [-0.05, 0) is 24.5 Å². The number of hydrogen-bond acceptors (Lipinski definition) is 3. The standard InChI is InChI=1S/C12H13F3N2O2/c13-12(14,15)10-2-1-9(6-16-10)17-11(18)5-8-3-4-19-7-8/h1-2,6,8H,3-5,7H2,(H,17,18). The van der Waals surface area contributed by atoms with Crippen molar-refractivity contribution >= 4 is 11.6 Å². The fraction of sp³-hybridized carbons (Fsp3) is 0.500. The minimum atomic E-state index is -4.47. The van der Waals surface area contributed by atoms with Gasteiger partial charge in [-0.3, -0.25) is 4.79 Å². The first kappa shape index (κ1) is 13.8. The maximum absolute atomic E-state index is 12.3. The molecule has 1 saturated heterocycles. The highest BCUT2D eigenvalue weighted by atomic mass is 19.4. The third-order valence-corrected chi connectivity index (χ3v) is 2.84. The summed E-state index contributed by atoms with van der Waals surface area (Å²) in [6, 6.07) is 2.03. The molecule has 0 bridgehead atoms. The molecule has 1 amide bonds. The van der Waals surface area contributed by atoms with Gasteiger partial charge < -0.3 is 10.1 Å². The van der Waals surface area contributed by atoms with Crippen molar-refractivity contribution in [2.45, 2.75) is 19.0 Å². The maximum atomic E-state index is 12.3. The summed E-state index contributed by atoms with van der Waals surface area (Å²) in [5, 5.41) is 2.52. The Morgan fingerprint density at radius 1 is 1.47 bits per heavy atom. The first-order valence-electron chi connectivity index (χ1n) is 5.86. The Bertz CT molecular complexity index is 439. The van der Waals surface area contributed by atoms with Crippen molar-refractivity contribution in [3.05, 3.63) is 24.0 Å². The highest BCUT2D eigenvalue weighted by molar-refractivity contribution is 5.90. The van der Waals surface area contributed by atoms with Crippen LogP contribution in [0.15, 0.2) is 18.3 Å². The van der Waals surface area contributed by atoms with Gasteiger partial charge in [0.05, 0.1) is 11.9 Å². The van der Waals surface area contributed by atoms with Gasteiger partial charge in [0.2, 0.25) is 5.91 Å². The summed E-state index contributed by atoms with van der Waals surface area (Å²) < 4.78 is 42.0. The van der Waals surface area contributed by atoms with Crippen molar-refractivity contribution in [1.82, 2.24) is 4.98 Å². The monoisotopic (exact) mass is 274 g/mol. The van der Waals surface area contributed by atoms with Crippen LogP contribution >= 0.6 is 0 Å². The molecule has 1 atom stereocenters. The van der Waals surface area contributed by atoms with Crippen molar-refractivity contribution in [2.24, 2.45) is 5.92 Å². The van der Waals surface area contributed by atoms with Gasteiger partial charge in [0.1, 0.15) is 5.69 Å². The largest absolute Gasteiger partial charge is 0.433 e. The summed E-state index contributed by atoms with van der Waals surface area (Å²) in [4.78, 5) is 14.9. The summed E-state index contributed by atoms with van der Waals surface area (Å²) in [5.41, 5.74) is -0.716. The molecule has 4 nitrogen and oxygen atoms in total. The molecule has 1 aromatic heterocycles. The van der Waals surface area contributed by atoms with Crippen molar-refractivity contribution < 1.29 is 22.7 Å². The fourth-order valence-electron chi connectivity index (χ4n) is 1.85. The molecule has 1 aromatic rings. The van der Waals surface area contributed by atoms with Crippen LogP contribution < -0.4 is 5.32 Å². The van der Waals surface area contributed by atoms with Crippen LogP contribution in [0, 0.1) is 5.92 Å². The van der Waals surface area contributed by atoms with Gasteiger partial charge in [-0.1, -0.05) is 0 Å². The van der Waals surface area contributed by atoms with Crippen LogP contribution in [0.1, 0.15) is 18.5 Å². The van der Waals surface area contributed by atoms with Gasteiger partial charge in [0.15, 0.2) is 0 Å². The van der Waals surface area contributed by atoms with E-state index in [4.69, 9.17) is 4.74 Å². The second-order valence-corrected chi connectivity index (χ2v) is 4.41. The fourth-order valence-corrected chi connectivity index (χ4v) is 1.85. The predicted molar refractivity (Wildman–Crippen MR) is 61.4 cm³/mol. The van der Waals surface area contributed by atoms with E-state index in [0.29, 0.717) is 19.6 Å². The minimum absolute atomic E-state index is 0.183. The molecule has 2 heterocycles. The molecule has 1 aliphatic rings. The first-order chi connectivity index (χ1) is 8.95. The van der Waals surface area contributed by atoms with E-state index in [-0.39, 0.29) is 17.5 Å². The number of nitrogens with one attached hydrogen (secondary N) is 1. The van der Waals surface area contributed by atoms with Crippen LogP contribution in [-0.2, 0) is 15.7 Å². The van der Waals surface area contributed by atoms with Crippen LogP contribution in [0.4, 0.5) is 18.9 Å². The predicted octanol–water partition coefficient (Wildman–Crippen LogP) is 2.47. The summed E-state index contributed by atoms with van der Waals surface area (Å²) in [7, 11) is 0. The van der Waals surface area contributed by atoms with E-state index < -0.39 is 11.9 Å². The molecule has 1 N–H and O–H groups in total. The minimum Gasteiger partial charge on any atom is -0.381 e. The Kier molecular flexibility index (Phi) is 4.04. The zero-order valence-electron chi connectivity index (χ0n) is 10.0. The Morgan fingerprint density at radius 2 is 2.26 bits per heavy atom. The van der Waals surface area contributed by atoms with Gasteiger partial charge in [-0.2, -0.15) is 13.2 Å². The molecule has 1 aliphatic heterocycles. The number of aromatic nitrogens is 1. The molecular weight excluding hydrogens is 261 g/mol. The molecule has 2 rings (SSSR count). The van der Waals surface area contributed by atoms with Crippen molar-refractivity contribution in [3.8, 4) is 0 Å². The van der Waals surface area contributed by atoms with Crippen LogP contribution in [0.3, 0.4) is 0 Å². The SMILES string of the molecule is O=C(CC1CCOC1)Nc1ccc(C(F)(F)F)nc1. The average molecular weight is 274 g/mol. The van der Waals surface area contributed by atoms with E-state index in [9.17, 15) is 18.0 Å². The molecule has 19 heavy (non-hydrogen) atoms. The average Bonchev–Trinajstić information content (AvgIpc) is 2.81. The van der Waals surface area contributed by atoms with Gasteiger partial charge in [-0.25, -0.2) is 4.98 Å². The van der Waals surface area contributed by atoms with Crippen LogP contribution in [0.5, 0.6) is 0 Å². The number of ether oxygens (including phenoxy) is 1. The summed E-state index contributed by atoms with van der Waals surface area (Å²) in [5.74, 6) is -0.0560. The lowest BCUT2D eigenvalue weighted by Crippen LogP contribution is -2.17. The Morgan fingerprint density at radius 3 is 2.79 bits per heavy atom. The number of carbonyl (C=O) groups excluding carboxylic acids is 1. The number of pyridine rings is 1. The molecule has 0 spiro atoms. The van der Waals surface area contributed by atoms with Crippen molar-refractivity contribution in [3.63, 3.8) is 0 Å². The quantitative estimate of drug-likeness (QED) is 0.921. The third-order valence-electron chi connectivity index (χ3n) is 2.84. The van der Waals surface area contributed by atoms with Gasteiger partial charge >= 0.3 is 6.18 Å². The number of nitrogens with zero attached hydrogens (tertiary/aromatic N) is 1. The van der Waals surface area contributed by atoms with E-state index in [2.05, 4.69) is 10.3 Å². The van der Waals surface area contributed by atoms with Crippen molar-refractivity contribution in [1.29, 1.82) is 0 Å². The number of carbonyl (C=O) groups is 1. The maximum Gasteiger partial charge on any atom is 0.433 e. The molecule has 0 aromatic carbocycles. The number of anilines is 1. The number of halogens is 3. The van der Waals surface area contributed by atoms with Crippen LogP contribution in [-0.4, -0.2) is 24.1 Å². The Labute approximate surface area is 108 Å². The smallest absolute Gasteiger partial charge is 0.381 e. The molecule has 7 heteroatoms. The molecule has 0 radical (unpaired) electrons. The first-order valence-corrected chi connectivity index (χ1v) is 5.86. The summed E-state index contributed by atoms with van der Waals surface area (Å²) >= 11 is 0. The van der Waals surface area contributed by atoms with E-state index in [1.165, 1.54) is 6.07 Å². The lowest BCUT2D eigenvalue weighted by Gasteiger charge is -2.09. The van der Waals surface area contributed by atoms with Crippen molar-refractivity contribution in [2.75, 3.05) is 18.5 Å². The Hall–Kier alpha value is -1.63. The third kappa shape index (κ3) is 3.92. The topological polar surface area (TPSA) is 51.2 Å². The van der Waals surface area contributed by atoms with E-state index in [0.717, 1.165) is 18.7 Å². The van der Waals surface area contributed by atoms with E-state index in [1.807, 2.05) is 0 Å². The highest BCUT2D eigenvalue weighted by Crippen LogP contribution is 2.27. The summed E-state index contributed by atoms with van der Waals surface area (Å²) in [6.07, 6.45) is -2.32. The molecule has 0 saturated carbocycles. The molecule has 1 fully saturated rings. The number of alkyl halides is 3. The van der Waals surface area contributed by atoms with E-state index >= 15 is 0 Å². The normalized spacial score (nSPS) is 19.4. The second-order valence-electron chi connectivity index (χ2n) is 4.41. The zero-order valence-corrected chi connectivity index (χ0v) is 10.0. The highest BCUT2D eigenvalue weighted by Gasteiger charge is 2.32. The van der Waals surface area contributed by atoms with E-state index in [1.54, 1.807) is 0 Å². The summed E-state index contributed by atoms with van der Waals surface area (Å²) in [6.45, 7) is 1.21.